The SMILES string of the molecule is CC(C)C(=O)Nc1cncc(-c2cc(F)c3n[nH]c(-c4nc5c(-c6ccccn6)nccc5[nH]4)c3c2)c1. The number of carbonyl (C=O) groups is 1. The van der Waals surface area contributed by atoms with Crippen molar-refractivity contribution in [1.82, 2.24) is 35.1 Å². The van der Waals surface area contributed by atoms with E-state index in [4.69, 9.17) is 4.98 Å². The third kappa shape index (κ3) is 4.08. The van der Waals surface area contributed by atoms with Crippen LogP contribution >= 0.6 is 0 Å². The molecule has 0 saturated heterocycles. The molecule has 10 heteroatoms. The highest BCUT2D eigenvalue weighted by Gasteiger charge is 2.19. The Labute approximate surface area is 210 Å². The monoisotopic (exact) mass is 492 g/mol. The molecule has 0 unspecified atom stereocenters. The molecule has 0 aliphatic carbocycles. The number of imidazole rings is 1. The van der Waals surface area contributed by atoms with Crippen LogP contribution in [0.4, 0.5) is 10.1 Å². The van der Waals surface area contributed by atoms with Crippen molar-refractivity contribution in [2.24, 2.45) is 5.92 Å². The first-order valence-corrected chi connectivity index (χ1v) is 11.7. The number of carbonyl (C=O) groups excluding carboxylic acids is 1. The van der Waals surface area contributed by atoms with E-state index < -0.39 is 5.82 Å². The van der Waals surface area contributed by atoms with Crippen molar-refractivity contribution in [3.8, 4) is 34.0 Å². The van der Waals surface area contributed by atoms with Crippen LogP contribution in [0.2, 0.25) is 0 Å². The van der Waals surface area contributed by atoms with Gasteiger partial charge < -0.3 is 10.3 Å². The van der Waals surface area contributed by atoms with Gasteiger partial charge in [0.15, 0.2) is 11.6 Å². The maximum absolute atomic E-state index is 15.1. The largest absolute Gasteiger partial charge is 0.337 e. The number of hydrogen-bond donors (Lipinski definition) is 3. The van der Waals surface area contributed by atoms with Gasteiger partial charge in [-0.05, 0) is 42.0 Å². The van der Waals surface area contributed by atoms with Gasteiger partial charge in [-0.1, -0.05) is 19.9 Å². The Morgan fingerprint density at radius 2 is 1.89 bits per heavy atom. The van der Waals surface area contributed by atoms with Crippen molar-refractivity contribution in [3.05, 3.63) is 73.1 Å². The first-order valence-electron chi connectivity index (χ1n) is 11.7. The highest BCUT2D eigenvalue weighted by atomic mass is 19.1. The van der Waals surface area contributed by atoms with Crippen LogP contribution in [0, 0.1) is 11.7 Å². The molecule has 5 aromatic heterocycles. The number of pyridine rings is 3. The van der Waals surface area contributed by atoms with E-state index >= 15 is 4.39 Å². The van der Waals surface area contributed by atoms with E-state index in [2.05, 4.69) is 35.5 Å². The van der Waals surface area contributed by atoms with Gasteiger partial charge in [-0.3, -0.25) is 24.8 Å². The number of H-pyrrole nitrogens is 2. The number of rotatable bonds is 5. The van der Waals surface area contributed by atoms with E-state index in [1.165, 1.54) is 6.07 Å². The topological polar surface area (TPSA) is 125 Å². The highest BCUT2D eigenvalue weighted by Crippen LogP contribution is 2.33. The second-order valence-electron chi connectivity index (χ2n) is 8.92. The molecule has 1 aromatic carbocycles. The summed E-state index contributed by atoms with van der Waals surface area (Å²) in [7, 11) is 0. The lowest BCUT2D eigenvalue weighted by atomic mass is 10.0. The van der Waals surface area contributed by atoms with Gasteiger partial charge in [-0.15, -0.1) is 0 Å². The highest BCUT2D eigenvalue weighted by molar-refractivity contribution is 5.98. The zero-order chi connectivity index (χ0) is 25.5. The fourth-order valence-electron chi connectivity index (χ4n) is 4.12. The zero-order valence-corrected chi connectivity index (χ0v) is 20.0. The minimum Gasteiger partial charge on any atom is -0.337 e. The van der Waals surface area contributed by atoms with E-state index in [-0.39, 0.29) is 17.3 Å². The minimum atomic E-state index is -0.487. The van der Waals surface area contributed by atoms with Gasteiger partial charge in [0.1, 0.15) is 22.4 Å². The molecule has 3 N–H and O–H groups in total. The molecule has 0 fully saturated rings. The molecule has 9 nitrogen and oxygen atoms in total. The third-order valence-electron chi connectivity index (χ3n) is 6.02. The maximum Gasteiger partial charge on any atom is 0.226 e. The Balaban J connectivity index is 1.45. The Hall–Kier alpha value is -4.99. The number of aromatic nitrogens is 7. The Kier molecular flexibility index (Phi) is 5.41. The smallest absolute Gasteiger partial charge is 0.226 e. The van der Waals surface area contributed by atoms with Gasteiger partial charge >= 0.3 is 0 Å². The van der Waals surface area contributed by atoms with Crippen LogP contribution in [0.5, 0.6) is 0 Å². The molecule has 6 aromatic rings. The van der Waals surface area contributed by atoms with Crippen molar-refractivity contribution in [2.45, 2.75) is 13.8 Å². The Bertz CT molecular complexity index is 1770. The number of anilines is 1. The lowest BCUT2D eigenvalue weighted by Gasteiger charge is -2.09. The second-order valence-corrected chi connectivity index (χ2v) is 8.92. The molecular weight excluding hydrogens is 471 g/mol. The third-order valence-corrected chi connectivity index (χ3v) is 6.02. The molecule has 0 aliphatic rings. The normalized spacial score (nSPS) is 11.5. The second kappa shape index (κ2) is 8.90. The van der Waals surface area contributed by atoms with E-state index in [0.29, 0.717) is 50.6 Å². The minimum absolute atomic E-state index is 0.123. The first kappa shape index (κ1) is 22.5. The molecule has 0 aliphatic heterocycles. The van der Waals surface area contributed by atoms with Crippen molar-refractivity contribution in [2.75, 3.05) is 5.32 Å². The number of aromatic amines is 2. The summed E-state index contributed by atoms with van der Waals surface area (Å²) in [6.45, 7) is 3.62. The van der Waals surface area contributed by atoms with Crippen molar-refractivity contribution in [1.29, 1.82) is 0 Å². The standard InChI is InChI=1S/C27H21FN8O/c1-14(2)27(37)32-17-9-16(12-29-13-17)15-10-18-22(19(28)11-15)35-36-23(18)26-33-21-6-8-31-24(25(21)34-26)20-5-3-4-7-30-20/h3-14H,1-2H3,(H,32,37)(H,33,34)(H,35,36). The molecule has 0 spiro atoms. The zero-order valence-electron chi connectivity index (χ0n) is 20.0. The molecule has 0 atom stereocenters. The predicted molar refractivity (Wildman–Crippen MR) is 139 cm³/mol. The molecule has 37 heavy (non-hydrogen) atoms. The van der Waals surface area contributed by atoms with Crippen LogP contribution in [-0.2, 0) is 4.79 Å². The molecule has 0 bridgehead atoms. The molecule has 6 rings (SSSR count). The summed E-state index contributed by atoms with van der Waals surface area (Å²) in [5, 5.41) is 10.5. The van der Waals surface area contributed by atoms with Crippen LogP contribution in [-0.4, -0.2) is 41.0 Å². The number of hydrogen-bond acceptors (Lipinski definition) is 6. The van der Waals surface area contributed by atoms with Crippen molar-refractivity contribution in [3.63, 3.8) is 0 Å². The average Bonchev–Trinajstić information content (AvgIpc) is 3.53. The fraction of sp³-hybridized carbons (Fsp3) is 0.111. The first-order chi connectivity index (χ1) is 18.0. The van der Waals surface area contributed by atoms with E-state index in [1.54, 1.807) is 30.9 Å². The fourth-order valence-corrected chi connectivity index (χ4v) is 4.12. The molecule has 1 amide bonds. The number of nitrogens with zero attached hydrogens (tertiary/aromatic N) is 5. The van der Waals surface area contributed by atoms with E-state index in [1.807, 2.05) is 44.2 Å². The summed E-state index contributed by atoms with van der Waals surface area (Å²) in [5.74, 6) is -0.292. The number of nitrogens with one attached hydrogen (secondary N) is 3. The lowest BCUT2D eigenvalue weighted by Crippen LogP contribution is -2.17. The summed E-state index contributed by atoms with van der Waals surface area (Å²) in [6, 6.07) is 12.4. The summed E-state index contributed by atoms with van der Waals surface area (Å²) in [6.07, 6.45) is 6.57. The van der Waals surface area contributed by atoms with Gasteiger partial charge in [-0.2, -0.15) is 5.10 Å². The quantitative estimate of drug-likeness (QED) is 0.298. The van der Waals surface area contributed by atoms with Crippen molar-refractivity contribution >= 4 is 33.5 Å². The number of amides is 1. The van der Waals surface area contributed by atoms with Gasteiger partial charge in [0, 0.05) is 35.5 Å². The van der Waals surface area contributed by atoms with Crippen LogP contribution in [0.1, 0.15) is 13.8 Å². The van der Waals surface area contributed by atoms with Crippen LogP contribution < -0.4 is 5.32 Å². The van der Waals surface area contributed by atoms with E-state index in [0.717, 1.165) is 5.52 Å². The summed E-state index contributed by atoms with van der Waals surface area (Å²) in [4.78, 5) is 33.3. The van der Waals surface area contributed by atoms with Crippen molar-refractivity contribution < 1.29 is 9.18 Å². The van der Waals surface area contributed by atoms with Gasteiger partial charge in [0.25, 0.3) is 0 Å². The molecule has 182 valence electrons. The maximum atomic E-state index is 15.1. The molecule has 0 saturated carbocycles. The lowest BCUT2D eigenvalue weighted by molar-refractivity contribution is -0.118. The molecule has 0 radical (unpaired) electrons. The Morgan fingerprint density at radius 3 is 2.70 bits per heavy atom. The van der Waals surface area contributed by atoms with Crippen LogP contribution in [0.15, 0.2) is 67.3 Å². The number of benzene rings is 1. The summed E-state index contributed by atoms with van der Waals surface area (Å²) < 4.78 is 15.1. The van der Waals surface area contributed by atoms with Gasteiger partial charge in [-0.25, -0.2) is 9.37 Å². The van der Waals surface area contributed by atoms with E-state index in [9.17, 15) is 4.79 Å². The molecule has 5 heterocycles. The van der Waals surface area contributed by atoms with Gasteiger partial charge in [0.2, 0.25) is 5.91 Å². The van der Waals surface area contributed by atoms with Crippen LogP contribution in [0.3, 0.4) is 0 Å². The Morgan fingerprint density at radius 1 is 1.00 bits per heavy atom. The average molecular weight is 493 g/mol. The van der Waals surface area contributed by atoms with Crippen LogP contribution in [0.25, 0.3) is 56.0 Å². The molecular formula is C27H21FN8O. The summed E-state index contributed by atoms with van der Waals surface area (Å²) in [5.41, 5.74) is 5.27. The summed E-state index contributed by atoms with van der Waals surface area (Å²) >= 11 is 0. The van der Waals surface area contributed by atoms with Gasteiger partial charge in [0.05, 0.1) is 23.1 Å². The number of fused-ring (bicyclic) bond motifs is 2. The number of halogens is 1. The predicted octanol–water partition coefficient (Wildman–Crippen LogP) is 5.36.